The van der Waals surface area contributed by atoms with E-state index in [-0.39, 0.29) is 36.4 Å². The summed E-state index contributed by atoms with van der Waals surface area (Å²) in [5, 5.41) is 3.29. The Morgan fingerprint density at radius 3 is 2.68 bits per heavy atom. The van der Waals surface area contributed by atoms with Gasteiger partial charge in [0.25, 0.3) is 5.91 Å². The molecule has 22 heavy (non-hydrogen) atoms. The number of halogens is 1. The van der Waals surface area contributed by atoms with Gasteiger partial charge in [0.05, 0.1) is 0 Å². The molecule has 0 aromatic heterocycles. The molecule has 1 N–H and O–H groups in total. The van der Waals surface area contributed by atoms with Crippen molar-refractivity contribution in [2.45, 2.75) is 39.2 Å². The second-order valence-electron chi connectivity index (χ2n) is 6.68. The second-order valence-corrected chi connectivity index (χ2v) is 6.68. The number of carbonyl (C=O) groups is 1. The summed E-state index contributed by atoms with van der Waals surface area (Å²) < 4.78 is 5.82. The molecule has 1 atom stereocenters. The van der Waals surface area contributed by atoms with E-state index in [1.807, 2.05) is 23.1 Å². The van der Waals surface area contributed by atoms with Gasteiger partial charge in [-0.3, -0.25) is 4.79 Å². The first-order valence-corrected chi connectivity index (χ1v) is 7.62. The van der Waals surface area contributed by atoms with Crippen LogP contribution in [0.4, 0.5) is 0 Å². The monoisotopic (exact) mass is 326 g/mol. The van der Waals surface area contributed by atoms with Crippen molar-refractivity contribution in [3.8, 4) is 5.75 Å². The Morgan fingerprint density at radius 2 is 2.05 bits per heavy atom. The Labute approximate surface area is 139 Å². The van der Waals surface area contributed by atoms with E-state index in [0.717, 1.165) is 30.9 Å². The van der Waals surface area contributed by atoms with Crippen LogP contribution in [0.15, 0.2) is 24.3 Å². The number of piperazine rings is 1. The van der Waals surface area contributed by atoms with Crippen LogP contribution in [0.5, 0.6) is 5.75 Å². The summed E-state index contributed by atoms with van der Waals surface area (Å²) in [5.41, 5.74) is 1.13. The van der Waals surface area contributed by atoms with Crippen LogP contribution in [-0.2, 0) is 10.2 Å². The Morgan fingerprint density at radius 1 is 1.36 bits per heavy atom. The molecule has 1 aromatic carbocycles. The summed E-state index contributed by atoms with van der Waals surface area (Å²) in [5.74, 6) is 0.869. The van der Waals surface area contributed by atoms with E-state index in [2.05, 4.69) is 39.1 Å². The first kappa shape index (κ1) is 18.8. The van der Waals surface area contributed by atoms with Crippen molar-refractivity contribution < 1.29 is 9.53 Å². The molecule has 1 saturated heterocycles. The van der Waals surface area contributed by atoms with Gasteiger partial charge < -0.3 is 15.0 Å². The minimum Gasteiger partial charge on any atom is -0.483 e. The smallest absolute Gasteiger partial charge is 0.260 e. The predicted molar refractivity (Wildman–Crippen MR) is 91.9 cm³/mol. The predicted octanol–water partition coefficient (Wildman–Crippen LogP) is 2.61. The molecule has 1 aliphatic rings. The summed E-state index contributed by atoms with van der Waals surface area (Å²) >= 11 is 0. The van der Waals surface area contributed by atoms with Gasteiger partial charge in [-0.15, -0.1) is 12.4 Å². The lowest BCUT2D eigenvalue weighted by Gasteiger charge is -2.34. The van der Waals surface area contributed by atoms with E-state index in [0.29, 0.717) is 0 Å². The van der Waals surface area contributed by atoms with Crippen LogP contribution in [0.3, 0.4) is 0 Å². The minimum atomic E-state index is 0. The van der Waals surface area contributed by atoms with Crippen molar-refractivity contribution in [3.05, 3.63) is 29.8 Å². The maximum absolute atomic E-state index is 12.3. The fourth-order valence-electron chi connectivity index (χ4n) is 2.65. The summed E-state index contributed by atoms with van der Waals surface area (Å²) in [4.78, 5) is 14.2. The van der Waals surface area contributed by atoms with Gasteiger partial charge in [-0.25, -0.2) is 0 Å². The van der Waals surface area contributed by atoms with Crippen LogP contribution < -0.4 is 10.1 Å². The lowest BCUT2D eigenvalue weighted by atomic mass is 9.86. The molecule has 1 aliphatic heterocycles. The molecule has 4 nitrogen and oxygen atoms in total. The molecule has 1 amide bonds. The molecular formula is C17H27ClN2O2. The third-order valence-electron chi connectivity index (χ3n) is 3.87. The normalized spacial score (nSPS) is 18.5. The average molecular weight is 327 g/mol. The number of amides is 1. The molecule has 5 heteroatoms. The molecular weight excluding hydrogens is 300 g/mol. The van der Waals surface area contributed by atoms with E-state index in [1.165, 1.54) is 0 Å². The van der Waals surface area contributed by atoms with Crippen LogP contribution in [-0.4, -0.2) is 43.1 Å². The largest absolute Gasteiger partial charge is 0.483 e. The minimum absolute atomic E-state index is 0. The number of para-hydroxylation sites is 1. The van der Waals surface area contributed by atoms with Crippen molar-refractivity contribution in [2.75, 3.05) is 26.2 Å². The summed E-state index contributed by atoms with van der Waals surface area (Å²) in [6, 6.07) is 8.19. The molecule has 1 fully saturated rings. The summed E-state index contributed by atoms with van der Waals surface area (Å²) in [6.07, 6.45) is 0. The van der Waals surface area contributed by atoms with Crippen molar-refractivity contribution >= 4 is 18.3 Å². The average Bonchev–Trinajstić information content (AvgIpc) is 2.44. The van der Waals surface area contributed by atoms with Crippen molar-refractivity contribution in [1.29, 1.82) is 0 Å². The highest BCUT2D eigenvalue weighted by Crippen LogP contribution is 2.30. The molecule has 2 rings (SSSR count). The number of nitrogens with zero attached hydrogens (tertiary/aromatic N) is 1. The van der Waals surface area contributed by atoms with Gasteiger partial charge in [-0.2, -0.15) is 0 Å². The second kappa shape index (κ2) is 7.84. The van der Waals surface area contributed by atoms with Crippen LogP contribution in [0.1, 0.15) is 33.3 Å². The topological polar surface area (TPSA) is 41.6 Å². The van der Waals surface area contributed by atoms with Gasteiger partial charge in [0.2, 0.25) is 0 Å². The van der Waals surface area contributed by atoms with Gasteiger partial charge in [-0.05, 0) is 24.0 Å². The van der Waals surface area contributed by atoms with E-state index in [4.69, 9.17) is 4.74 Å². The molecule has 1 aromatic rings. The van der Waals surface area contributed by atoms with E-state index in [1.54, 1.807) is 0 Å². The number of ether oxygens (including phenoxy) is 1. The molecule has 0 saturated carbocycles. The number of rotatable bonds is 3. The van der Waals surface area contributed by atoms with Crippen LogP contribution in [0.2, 0.25) is 0 Å². The Hall–Kier alpha value is -1.26. The molecule has 1 heterocycles. The van der Waals surface area contributed by atoms with E-state index >= 15 is 0 Å². The first-order chi connectivity index (χ1) is 9.89. The standard InChI is InChI=1S/C17H26N2O2.ClH/c1-13-11-18-9-10-19(13)16(20)12-21-15-8-6-5-7-14(15)17(2,3)4;/h5-8,13,18H,9-12H2,1-4H3;1H. The fourth-order valence-corrected chi connectivity index (χ4v) is 2.65. The quantitative estimate of drug-likeness (QED) is 0.928. The van der Waals surface area contributed by atoms with Gasteiger partial charge in [0, 0.05) is 25.7 Å². The van der Waals surface area contributed by atoms with Crippen LogP contribution in [0.25, 0.3) is 0 Å². The van der Waals surface area contributed by atoms with Crippen LogP contribution in [0, 0.1) is 0 Å². The molecule has 124 valence electrons. The van der Waals surface area contributed by atoms with E-state index in [9.17, 15) is 4.79 Å². The van der Waals surface area contributed by atoms with Crippen molar-refractivity contribution in [3.63, 3.8) is 0 Å². The van der Waals surface area contributed by atoms with Crippen molar-refractivity contribution in [1.82, 2.24) is 10.2 Å². The van der Waals surface area contributed by atoms with Gasteiger partial charge in [0.1, 0.15) is 5.75 Å². The third-order valence-corrected chi connectivity index (χ3v) is 3.87. The summed E-state index contributed by atoms with van der Waals surface area (Å²) in [7, 11) is 0. The van der Waals surface area contributed by atoms with Crippen molar-refractivity contribution in [2.24, 2.45) is 0 Å². The molecule has 0 aliphatic carbocycles. The third kappa shape index (κ3) is 4.62. The molecule has 0 spiro atoms. The highest BCUT2D eigenvalue weighted by Gasteiger charge is 2.24. The highest BCUT2D eigenvalue weighted by molar-refractivity contribution is 5.85. The SMILES string of the molecule is CC1CNCCN1C(=O)COc1ccccc1C(C)(C)C.Cl. The van der Waals surface area contributed by atoms with Gasteiger partial charge in [0.15, 0.2) is 6.61 Å². The van der Waals surface area contributed by atoms with Gasteiger partial charge in [-0.1, -0.05) is 39.0 Å². The number of nitrogens with one attached hydrogen (secondary N) is 1. The zero-order valence-electron chi connectivity index (χ0n) is 13.9. The number of benzene rings is 1. The number of hydrogen-bond acceptors (Lipinski definition) is 3. The Bertz CT molecular complexity index is 500. The Kier molecular flexibility index (Phi) is 6.69. The molecule has 0 bridgehead atoms. The van der Waals surface area contributed by atoms with Crippen LogP contribution >= 0.6 is 12.4 Å². The van der Waals surface area contributed by atoms with Gasteiger partial charge >= 0.3 is 0 Å². The zero-order chi connectivity index (χ0) is 15.5. The summed E-state index contributed by atoms with van der Waals surface area (Å²) in [6.45, 7) is 11.1. The fraction of sp³-hybridized carbons (Fsp3) is 0.588. The Balaban J connectivity index is 0.00000242. The maximum Gasteiger partial charge on any atom is 0.260 e. The first-order valence-electron chi connectivity index (χ1n) is 7.62. The maximum atomic E-state index is 12.3. The number of carbonyl (C=O) groups excluding carboxylic acids is 1. The molecule has 0 radical (unpaired) electrons. The zero-order valence-corrected chi connectivity index (χ0v) is 14.7. The lowest BCUT2D eigenvalue weighted by molar-refractivity contribution is -0.136. The lowest BCUT2D eigenvalue weighted by Crippen LogP contribution is -2.53. The highest BCUT2D eigenvalue weighted by atomic mass is 35.5. The molecule has 1 unspecified atom stereocenters. The number of hydrogen-bond donors (Lipinski definition) is 1. The van der Waals surface area contributed by atoms with E-state index < -0.39 is 0 Å².